The Morgan fingerprint density at radius 1 is 1.26 bits per heavy atom. The molecule has 0 aliphatic carbocycles. The summed E-state index contributed by atoms with van der Waals surface area (Å²) in [6.45, 7) is -2.04. The summed E-state index contributed by atoms with van der Waals surface area (Å²) in [6, 6.07) is 4.85. The maximum atomic E-state index is 12.3. The molecule has 1 saturated heterocycles. The second kappa shape index (κ2) is 4.45. The third-order valence-corrected chi connectivity index (χ3v) is 2.54. The number of alkyl halides is 3. The SMILES string of the molecule is Nc1cccc(N2C(=O)CN(CC(F)(F)F)C2=O)c1. The van der Waals surface area contributed by atoms with Gasteiger partial charge in [-0.25, -0.2) is 9.69 Å². The molecule has 1 fully saturated rings. The van der Waals surface area contributed by atoms with Crippen LogP contribution in [0.2, 0.25) is 0 Å². The molecule has 0 atom stereocenters. The minimum atomic E-state index is -4.54. The summed E-state index contributed by atoms with van der Waals surface area (Å²) in [5.41, 5.74) is 5.99. The van der Waals surface area contributed by atoms with Crippen molar-refractivity contribution in [2.24, 2.45) is 0 Å². The first-order valence-electron chi connectivity index (χ1n) is 5.32. The highest BCUT2D eigenvalue weighted by molar-refractivity contribution is 6.19. The molecule has 0 radical (unpaired) electrons. The molecule has 5 nitrogen and oxygen atoms in total. The average molecular weight is 273 g/mol. The van der Waals surface area contributed by atoms with Crippen LogP contribution >= 0.6 is 0 Å². The van der Waals surface area contributed by atoms with E-state index in [0.717, 1.165) is 0 Å². The number of carbonyl (C=O) groups excluding carboxylic acids is 2. The largest absolute Gasteiger partial charge is 0.406 e. The van der Waals surface area contributed by atoms with Gasteiger partial charge in [0.2, 0.25) is 0 Å². The van der Waals surface area contributed by atoms with Crippen LogP contribution in [0.15, 0.2) is 24.3 Å². The van der Waals surface area contributed by atoms with Crippen LogP contribution in [0.3, 0.4) is 0 Å². The highest BCUT2D eigenvalue weighted by Gasteiger charge is 2.42. The van der Waals surface area contributed by atoms with Crippen LogP contribution in [-0.2, 0) is 4.79 Å². The monoisotopic (exact) mass is 273 g/mol. The van der Waals surface area contributed by atoms with Crippen LogP contribution < -0.4 is 10.6 Å². The summed E-state index contributed by atoms with van der Waals surface area (Å²) in [4.78, 5) is 24.6. The van der Waals surface area contributed by atoms with Gasteiger partial charge in [0.05, 0.1) is 5.69 Å². The number of anilines is 2. The molecular weight excluding hydrogens is 263 g/mol. The maximum absolute atomic E-state index is 12.3. The molecular formula is C11H10F3N3O2. The van der Waals surface area contributed by atoms with Crippen LogP contribution in [0.1, 0.15) is 0 Å². The number of hydrogen-bond donors (Lipinski definition) is 1. The first-order chi connectivity index (χ1) is 8.78. The van der Waals surface area contributed by atoms with E-state index in [9.17, 15) is 22.8 Å². The van der Waals surface area contributed by atoms with Gasteiger partial charge < -0.3 is 10.6 Å². The third kappa shape index (κ3) is 2.78. The van der Waals surface area contributed by atoms with Crippen LogP contribution in [0, 0.1) is 0 Å². The van der Waals surface area contributed by atoms with Gasteiger partial charge >= 0.3 is 12.2 Å². The zero-order chi connectivity index (χ0) is 14.2. The Morgan fingerprint density at radius 2 is 1.95 bits per heavy atom. The average Bonchev–Trinajstić information content (AvgIpc) is 2.51. The lowest BCUT2D eigenvalue weighted by molar-refractivity contribution is -0.139. The Balaban J connectivity index is 2.24. The number of halogens is 3. The van der Waals surface area contributed by atoms with Crippen molar-refractivity contribution in [3.63, 3.8) is 0 Å². The standard InChI is InChI=1S/C11H10F3N3O2/c12-11(13,14)6-16-5-9(18)17(10(16)19)8-3-1-2-7(15)4-8/h1-4H,5-6,15H2. The van der Waals surface area contributed by atoms with Crippen molar-refractivity contribution in [3.05, 3.63) is 24.3 Å². The number of amides is 3. The van der Waals surface area contributed by atoms with Gasteiger partial charge in [0.25, 0.3) is 5.91 Å². The minimum Gasteiger partial charge on any atom is -0.399 e. The van der Waals surface area contributed by atoms with E-state index in [1.54, 1.807) is 6.07 Å². The molecule has 0 spiro atoms. The topological polar surface area (TPSA) is 66.6 Å². The van der Waals surface area contributed by atoms with Crippen LogP contribution in [-0.4, -0.2) is 36.1 Å². The maximum Gasteiger partial charge on any atom is 0.406 e. The highest BCUT2D eigenvalue weighted by atomic mass is 19.4. The van der Waals surface area contributed by atoms with E-state index in [-0.39, 0.29) is 5.69 Å². The molecule has 1 aliphatic rings. The van der Waals surface area contributed by atoms with Crippen molar-refractivity contribution in [2.45, 2.75) is 6.18 Å². The van der Waals surface area contributed by atoms with Gasteiger partial charge in [0.1, 0.15) is 13.1 Å². The quantitative estimate of drug-likeness (QED) is 0.657. The number of benzene rings is 1. The summed E-state index contributed by atoms with van der Waals surface area (Å²) in [5, 5.41) is 0. The lowest BCUT2D eigenvalue weighted by Crippen LogP contribution is -2.38. The minimum absolute atomic E-state index is 0.166. The fraction of sp³-hybridized carbons (Fsp3) is 0.273. The predicted octanol–water partition coefficient (Wildman–Crippen LogP) is 1.60. The molecule has 0 unspecified atom stereocenters. The number of hydrogen-bond acceptors (Lipinski definition) is 3. The molecule has 0 aromatic heterocycles. The molecule has 1 aromatic carbocycles. The lowest BCUT2D eigenvalue weighted by atomic mass is 10.2. The first-order valence-corrected chi connectivity index (χ1v) is 5.32. The number of imide groups is 1. The molecule has 19 heavy (non-hydrogen) atoms. The first kappa shape index (κ1) is 13.2. The summed E-state index contributed by atoms with van der Waals surface area (Å²) < 4.78 is 36.8. The van der Waals surface area contributed by atoms with Crippen LogP contribution in [0.4, 0.5) is 29.3 Å². The number of rotatable bonds is 2. The fourth-order valence-corrected chi connectivity index (χ4v) is 1.81. The molecule has 102 valence electrons. The molecule has 1 aliphatic heterocycles. The summed E-state index contributed by atoms with van der Waals surface area (Å²) in [6.07, 6.45) is -4.54. The zero-order valence-electron chi connectivity index (χ0n) is 9.65. The molecule has 1 heterocycles. The summed E-state index contributed by atoms with van der Waals surface area (Å²) in [7, 11) is 0. The molecule has 2 rings (SSSR count). The number of nitrogen functional groups attached to an aromatic ring is 1. The van der Waals surface area contributed by atoms with Crippen molar-refractivity contribution in [1.82, 2.24) is 4.90 Å². The van der Waals surface area contributed by atoms with E-state index in [1.807, 2.05) is 0 Å². The Hall–Kier alpha value is -2.25. The molecule has 0 bridgehead atoms. The molecule has 1 aromatic rings. The fourth-order valence-electron chi connectivity index (χ4n) is 1.81. The van der Waals surface area contributed by atoms with Gasteiger partial charge in [0.15, 0.2) is 0 Å². The second-order valence-corrected chi connectivity index (χ2v) is 4.08. The van der Waals surface area contributed by atoms with E-state index in [1.165, 1.54) is 18.2 Å². The Bertz CT molecular complexity index is 530. The van der Waals surface area contributed by atoms with Crippen molar-refractivity contribution < 1.29 is 22.8 Å². The van der Waals surface area contributed by atoms with Gasteiger partial charge in [0, 0.05) is 5.69 Å². The molecule has 2 N–H and O–H groups in total. The van der Waals surface area contributed by atoms with E-state index in [0.29, 0.717) is 15.5 Å². The van der Waals surface area contributed by atoms with Gasteiger partial charge in [-0.15, -0.1) is 0 Å². The third-order valence-electron chi connectivity index (χ3n) is 2.54. The smallest absolute Gasteiger partial charge is 0.399 e. The second-order valence-electron chi connectivity index (χ2n) is 4.08. The highest BCUT2D eigenvalue weighted by Crippen LogP contribution is 2.25. The lowest BCUT2D eigenvalue weighted by Gasteiger charge is -2.18. The zero-order valence-corrected chi connectivity index (χ0v) is 9.65. The van der Waals surface area contributed by atoms with E-state index in [2.05, 4.69) is 0 Å². The van der Waals surface area contributed by atoms with Crippen LogP contribution in [0.5, 0.6) is 0 Å². The number of urea groups is 1. The van der Waals surface area contributed by atoms with Crippen molar-refractivity contribution >= 4 is 23.3 Å². The van der Waals surface area contributed by atoms with Crippen molar-refractivity contribution in [2.75, 3.05) is 23.7 Å². The Kier molecular flexibility index (Phi) is 3.09. The van der Waals surface area contributed by atoms with Gasteiger partial charge in [-0.05, 0) is 18.2 Å². The number of nitrogens with zero attached hydrogens (tertiary/aromatic N) is 2. The Labute approximate surface area is 106 Å². The van der Waals surface area contributed by atoms with Gasteiger partial charge in [-0.3, -0.25) is 4.79 Å². The number of nitrogens with two attached hydrogens (primary N) is 1. The molecule has 3 amide bonds. The normalized spacial score (nSPS) is 16.4. The van der Waals surface area contributed by atoms with Gasteiger partial charge in [-0.2, -0.15) is 13.2 Å². The molecule has 8 heteroatoms. The van der Waals surface area contributed by atoms with E-state index in [4.69, 9.17) is 5.73 Å². The van der Waals surface area contributed by atoms with Crippen molar-refractivity contribution in [1.29, 1.82) is 0 Å². The predicted molar refractivity (Wildman–Crippen MR) is 61.4 cm³/mol. The van der Waals surface area contributed by atoms with Crippen molar-refractivity contribution in [3.8, 4) is 0 Å². The molecule has 0 saturated carbocycles. The summed E-state index contributed by atoms with van der Waals surface area (Å²) >= 11 is 0. The number of carbonyl (C=O) groups is 2. The van der Waals surface area contributed by atoms with E-state index < -0.39 is 31.2 Å². The Morgan fingerprint density at radius 3 is 2.53 bits per heavy atom. The van der Waals surface area contributed by atoms with E-state index >= 15 is 0 Å². The summed E-state index contributed by atoms with van der Waals surface area (Å²) in [5.74, 6) is -0.708. The van der Waals surface area contributed by atoms with Crippen LogP contribution in [0.25, 0.3) is 0 Å². The van der Waals surface area contributed by atoms with Gasteiger partial charge in [-0.1, -0.05) is 6.07 Å².